The molecule has 0 fully saturated rings. The van der Waals surface area contributed by atoms with E-state index in [0.29, 0.717) is 52.2 Å². The second-order valence-corrected chi connectivity index (χ2v) is 6.67. The van der Waals surface area contributed by atoms with E-state index in [9.17, 15) is 4.79 Å². The molecule has 0 unspecified atom stereocenters. The van der Waals surface area contributed by atoms with Crippen molar-refractivity contribution in [3.8, 4) is 5.75 Å². The number of ether oxygens (including phenoxy) is 1. The van der Waals surface area contributed by atoms with Gasteiger partial charge in [0.1, 0.15) is 18.2 Å². The third-order valence-electron chi connectivity index (χ3n) is 4.04. The Hall–Kier alpha value is -2.08. The summed E-state index contributed by atoms with van der Waals surface area (Å²) in [6.07, 6.45) is 0. The molecular weight excluding hydrogens is 373 g/mol. The van der Waals surface area contributed by atoms with Crippen LogP contribution in [-0.2, 0) is 6.54 Å². The molecule has 1 aromatic heterocycles. The fourth-order valence-electron chi connectivity index (χ4n) is 2.65. The maximum Gasteiger partial charge on any atom is 0.258 e. The molecule has 0 radical (unpaired) electrons. The van der Waals surface area contributed by atoms with E-state index in [4.69, 9.17) is 27.9 Å². The van der Waals surface area contributed by atoms with Crippen molar-refractivity contribution in [2.45, 2.75) is 13.5 Å². The van der Waals surface area contributed by atoms with Gasteiger partial charge in [0.05, 0.1) is 22.5 Å². The zero-order valence-corrected chi connectivity index (χ0v) is 15.8. The molecule has 26 heavy (non-hydrogen) atoms. The number of rotatable bonds is 7. The maximum atomic E-state index is 12.2. The SMILES string of the molecule is CCN(CCOc1ccc(Cl)cc1Cl)Cc1nc2ccccc2c(=O)[nH]1. The number of fused-ring (bicyclic) bond motifs is 1. The Bertz CT molecular complexity index is 959. The summed E-state index contributed by atoms with van der Waals surface area (Å²) in [6, 6.07) is 12.5. The number of halogens is 2. The predicted octanol–water partition coefficient (Wildman–Crippen LogP) is 4.13. The summed E-state index contributed by atoms with van der Waals surface area (Å²) >= 11 is 12.0. The Morgan fingerprint density at radius 3 is 2.77 bits per heavy atom. The molecule has 2 aromatic carbocycles. The molecule has 1 N–H and O–H groups in total. The highest BCUT2D eigenvalue weighted by Crippen LogP contribution is 2.27. The first kappa shape index (κ1) is 18.7. The number of hydrogen-bond donors (Lipinski definition) is 1. The van der Waals surface area contributed by atoms with Crippen LogP contribution in [0.5, 0.6) is 5.75 Å². The molecule has 3 aromatic rings. The highest BCUT2D eigenvalue weighted by molar-refractivity contribution is 6.35. The topological polar surface area (TPSA) is 58.2 Å². The Labute approximate surface area is 161 Å². The Morgan fingerprint density at radius 2 is 2.00 bits per heavy atom. The van der Waals surface area contributed by atoms with E-state index in [1.54, 1.807) is 24.3 Å². The largest absolute Gasteiger partial charge is 0.491 e. The molecule has 1 heterocycles. The van der Waals surface area contributed by atoms with Crippen molar-refractivity contribution >= 4 is 34.1 Å². The van der Waals surface area contributed by atoms with Gasteiger partial charge in [-0.25, -0.2) is 4.98 Å². The van der Waals surface area contributed by atoms with Gasteiger partial charge in [-0.15, -0.1) is 0 Å². The summed E-state index contributed by atoms with van der Waals surface area (Å²) in [7, 11) is 0. The van der Waals surface area contributed by atoms with Crippen molar-refractivity contribution in [3.05, 3.63) is 68.7 Å². The van der Waals surface area contributed by atoms with Crippen LogP contribution in [0.1, 0.15) is 12.7 Å². The fraction of sp³-hybridized carbons (Fsp3) is 0.263. The molecule has 136 valence electrons. The highest BCUT2D eigenvalue weighted by Gasteiger charge is 2.09. The molecule has 7 heteroatoms. The lowest BCUT2D eigenvalue weighted by Gasteiger charge is -2.20. The normalized spacial score (nSPS) is 11.2. The van der Waals surface area contributed by atoms with Crippen molar-refractivity contribution in [3.63, 3.8) is 0 Å². The molecule has 0 aliphatic rings. The standard InChI is InChI=1S/C19H19Cl2N3O2/c1-2-24(9-10-26-17-8-7-13(20)11-15(17)21)12-18-22-16-6-4-3-5-14(16)19(25)23-18/h3-8,11H,2,9-10,12H2,1H3,(H,22,23,25). The van der Waals surface area contributed by atoms with E-state index in [-0.39, 0.29) is 5.56 Å². The van der Waals surface area contributed by atoms with Gasteiger partial charge in [0, 0.05) is 11.6 Å². The summed E-state index contributed by atoms with van der Waals surface area (Å²) in [4.78, 5) is 21.7. The van der Waals surface area contributed by atoms with Crippen molar-refractivity contribution < 1.29 is 4.74 Å². The van der Waals surface area contributed by atoms with Gasteiger partial charge in [-0.05, 0) is 36.9 Å². The summed E-state index contributed by atoms with van der Waals surface area (Å²) in [6.45, 7) is 4.52. The maximum absolute atomic E-state index is 12.2. The quantitative estimate of drug-likeness (QED) is 0.657. The second-order valence-electron chi connectivity index (χ2n) is 5.82. The monoisotopic (exact) mass is 391 g/mol. The molecule has 5 nitrogen and oxygen atoms in total. The lowest BCUT2D eigenvalue weighted by atomic mass is 10.2. The molecule has 0 aliphatic carbocycles. The van der Waals surface area contributed by atoms with Gasteiger partial charge in [-0.2, -0.15) is 0 Å². The molecule has 3 rings (SSSR count). The number of hydrogen-bond acceptors (Lipinski definition) is 4. The van der Waals surface area contributed by atoms with Gasteiger partial charge in [0.25, 0.3) is 5.56 Å². The first-order chi connectivity index (χ1) is 12.6. The smallest absolute Gasteiger partial charge is 0.258 e. The number of para-hydroxylation sites is 1. The Morgan fingerprint density at radius 1 is 1.19 bits per heavy atom. The predicted molar refractivity (Wildman–Crippen MR) is 105 cm³/mol. The summed E-state index contributed by atoms with van der Waals surface area (Å²) < 4.78 is 5.73. The number of benzene rings is 2. The van der Waals surface area contributed by atoms with Crippen LogP contribution in [0.3, 0.4) is 0 Å². The van der Waals surface area contributed by atoms with Crippen LogP contribution in [-0.4, -0.2) is 34.6 Å². The molecule has 0 bridgehead atoms. The number of nitrogens with one attached hydrogen (secondary N) is 1. The van der Waals surface area contributed by atoms with E-state index in [2.05, 4.69) is 21.8 Å². The lowest BCUT2D eigenvalue weighted by molar-refractivity contribution is 0.207. The van der Waals surface area contributed by atoms with Crippen LogP contribution in [0.4, 0.5) is 0 Å². The van der Waals surface area contributed by atoms with Crippen LogP contribution < -0.4 is 10.3 Å². The fourth-order valence-corrected chi connectivity index (χ4v) is 3.11. The van der Waals surface area contributed by atoms with E-state index in [1.165, 1.54) is 0 Å². The number of aromatic nitrogens is 2. The van der Waals surface area contributed by atoms with Gasteiger partial charge in [-0.1, -0.05) is 42.3 Å². The van der Waals surface area contributed by atoms with Gasteiger partial charge in [-0.3, -0.25) is 9.69 Å². The first-order valence-electron chi connectivity index (χ1n) is 8.35. The van der Waals surface area contributed by atoms with Crippen LogP contribution in [0.2, 0.25) is 10.0 Å². The lowest BCUT2D eigenvalue weighted by Crippen LogP contribution is -2.29. The number of H-pyrrole nitrogens is 1. The van der Waals surface area contributed by atoms with Crippen molar-refractivity contribution in [2.24, 2.45) is 0 Å². The van der Waals surface area contributed by atoms with Crippen molar-refractivity contribution in [1.82, 2.24) is 14.9 Å². The van der Waals surface area contributed by atoms with Crippen LogP contribution in [0, 0.1) is 0 Å². The van der Waals surface area contributed by atoms with E-state index in [0.717, 1.165) is 6.54 Å². The van der Waals surface area contributed by atoms with E-state index >= 15 is 0 Å². The minimum atomic E-state index is -0.120. The zero-order valence-electron chi connectivity index (χ0n) is 14.3. The number of nitrogens with zero attached hydrogens (tertiary/aromatic N) is 2. The molecule has 0 spiro atoms. The zero-order chi connectivity index (χ0) is 18.5. The van der Waals surface area contributed by atoms with E-state index < -0.39 is 0 Å². The van der Waals surface area contributed by atoms with E-state index in [1.807, 2.05) is 18.2 Å². The van der Waals surface area contributed by atoms with Gasteiger partial charge >= 0.3 is 0 Å². The molecule has 0 amide bonds. The molecule has 0 atom stereocenters. The molecular formula is C19H19Cl2N3O2. The van der Waals surface area contributed by atoms with Crippen LogP contribution >= 0.6 is 23.2 Å². The summed E-state index contributed by atoms with van der Waals surface area (Å²) in [5.41, 5.74) is 0.581. The molecule has 0 saturated heterocycles. The molecule has 0 saturated carbocycles. The summed E-state index contributed by atoms with van der Waals surface area (Å²) in [5.74, 6) is 1.24. The van der Waals surface area contributed by atoms with Crippen LogP contribution in [0.15, 0.2) is 47.3 Å². The Kier molecular flexibility index (Phi) is 6.14. The number of aromatic amines is 1. The third kappa shape index (κ3) is 4.55. The van der Waals surface area contributed by atoms with Crippen molar-refractivity contribution in [2.75, 3.05) is 19.7 Å². The molecule has 0 aliphatic heterocycles. The van der Waals surface area contributed by atoms with Gasteiger partial charge in [0.15, 0.2) is 0 Å². The minimum Gasteiger partial charge on any atom is -0.491 e. The average Bonchev–Trinajstić information content (AvgIpc) is 2.62. The first-order valence-corrected chi connectivity index (χ1v) is 9.10. The van der Waals surface area contributed by atoms with Gasteiger partial charge < -0.3 is 9.72 Å². The average molecular weight is 392 g/mol. The summed E-state index contributed by atoms with van der Waals surface area (Å²) in [5, 5.41) is 1.66. The van der Waals surface area contributed by atoms with Gasteiger partial charge in [0.2, 0.25) is 0 Å². The highest BCUT2D eigenvalue weighted by atomic mass is 35.5. The Balaban J connectivity index is 1.63. The van der Waals surface area contributed by atoms with Crippen molar-refractivity contribution in [1.29, 1.82) is 0 Å². The third-order valence-corrected chi connectivity index (χ3v) is 4.57. The number of likely N-dealkylation sites (N-methyl/N-ethyl adjacent to an activating group) is 1. The minimum absolute atomic E-state index is 0.120. The second kappa shape index (κ2) is 8.54. The van der Waals surface area contributed by atoms with Crippen LogP contribution in [0.25, 0.3) is 10.9 Å².